The molecule has 166 valence electrons. The fourth-order valence-electron chi connectivity index (χ4n) is 4.23. The van der Waals surface area contributed by atoms with Gasteiger partial charge in [0.15, 0.2) is 6.10 Å². The zero-order valence-corrected chi connectivity index (χ0v) is 18.3. The number of ether oxygens (including phenoxy) is 1. The zero-order valence-electron chi connectivity index (χ0n) is 17.4. The Hall–Kier alpha value is -2.47. The minimum Gasteiger partial charge on any atom is -0.365 e. The van der Waals surface area contributed by atoms with Crippen LogP contribution in [0.4, 0.5) is 10.1 Å². The number of halogens is 2. The first-order chi connectivity index (χ1) is 14.5. The molecule has 31 heavy (non-hydrogen) atoms. The maximum Gasteiger partial charge on any atom is 0.251 e. The van der Waals surface area contributed by atoms with E-state index in [1.165, 1.54) is 0 Å². The highest BCUT2D eigenvalue weighted by Gasteiger charge is 2.35. The number of piperidine rings is 1. The molecule has 0 spiro atoms. The van der Waals surface area contributed by atoms with Gasteiger partial charge in [0, 0.05) is 23.8 Å². The van der Waals surface area contributed by atoms with Crippen molar-refractivity contribution in [1.82, 2.24) is 15.6 Å². The molecular weight excluding hydrogens is 421 g/mol. The van der Waals surface area contributed by atoms with Crippen molar-refractivity contribution < 1.29 is 13.9 Å². The van der Waals surface area contributed by atoms with E-state index in [0.29, 0.717) is 50.1 Å². The molecule has 2 aromatic rings. The summed E-state index contributed by atoms with van der Waals surface area (Å²) in [6, 6.07) is 9.58. The van der Waals surface area contributed by atoms with Crippen molar-refractivity contribution >= 4 is 34.9 Å². The summed E-state index contributed by atoms with van der Waals surface area (Å²) in [5, 5.41) is 16.1. The van der Waals surface area contributed by atoms with E-state index in [1.54, 1.807) is 12.3 Å². The molecule has 0 unspecified atom stereocenters. The lowest BCUT2D eigenvalue weighted by molar-refractivity contribution is -0.138. The first-order valence-corrected chi connectivity index (χ1v) is 10.3. The van der Waals surface area contributed by atoms with E-state index in [-0.39, 0.29) is 31.0 Å². The summed E-state index contributed by atoms with van der Waals surface area (Å²) in [7, 11) is 0. The highest BCUT2D eigenvalue weighted by atomic mass is 35.5. The monoisotopic (exact) mass is 447 g/mol. The molecule has 2 fully saturated rings. The Bertz CT molecular complexity index is 976. The molecule has 0 radical (unpaired) electrons. The lowest BCUT2D eigenvalue weighted by Crippen LogP contribution is -2.55. The van der Waals surface area contributed by atoms with Gasteiger partial charge < -0.3 is 20.3 Å². The van der Waals surface area contributed by atoms with Gasteiger partial charge in [-0.1, -0.05) is 0 Å². The molecule has 1 amide bonds. The van der Waals surface area contributed by atoms with Crippen LogP contribution >= 0.6 is 12.4 Å². The van der Waals surface area contributed by atoms with Crippen molar-refractivity contribution in [2.24, 2.45) is 0 Å². The smallest absolute Gasteiger partial charge is 0.251 e. The summed E-state index contributed by atoms with van der Waals surface area (Å²) in [6.45, 7) is 4.13. The maximum absolute atomic E-state index is 14.8. The SMILES string of the molecule is C[C@@H]1CN(c2ccc(C#N)c3ncccc23)C[C@H](C(=O)NCC2(F)CCNCC2)O1.Cl. The minimum atomic E-state index is -1.37. The number of benzene rings is 1. The average Bonchev–Trinajstić information content (AvgIpc) is 2.77. The molecule has 0 saturated carbocycles. The Morgan fingerprint density at radius 3 is 2.90 bits per heavy atom. The number of alkyl halides is 1. The predicted octanol–water partition coefficient (Wildman–Crippen LogP) is 2.33. The van der Waals surface area contributed by atoms with E-state index in [1.807, 2.05) is 25.1 Å². The zero-order chi connectivity index (χ0) is 21.1. The van der Waals surface area contributed by atoms with E-state index in [9.17, 15) is 14.4 Å². The van der Waals surface area contributed by atoms with Crippen LogP contribution in [0.5, 0.6) is 0 Å². The Morgan fingerprint density at radius 1 is 1.39 bits per heavy atom. The van der Waals surface area contributed by atoms with Crippen LogP contribution in [0.2, 0.25) is 0 Å². The largest absolute Gasteiger partial charge is 0.365 e. The second-order valence-electron chi connectivity index (χ2n) is 8.10. The number of anilines is 1. The number of morpholine rings is 1. The number of hydrogen-bond donors (Lipinski definition) is 2. The van der Waals surface area contributed by atoms with Crippen LogP contribution in [0, 0.1) is 11.3 Å². The average molecular weight is 448 g/mol. The molecule has 2 aliphatic heterocycles. The minimum absolute atomic E-state index is 0. The predicted molar refractivity (Wildman–Crippen MR) is 119 cm³/mol. The summed E-state index contributed by atoms with van der Waals surface area (Å²) in [5.41, 5.74) is 0.698. The van der Waals surface area contributed by atoms with Crippen LogP contribution < -0.4 is 15.5 Å². The molecule has 1 aromatic heterocycles. The van der Waals surface area contributed by atoms with Crippen LogP contribution in [-0.4, -0.2) is 61.5 Å². The summed E-state index contributed by atoms with van der Waals surface area (Å²) >= 11 is 0. The molecule has 0 bridgehead atoms. The van der Waals surface area contributed by atoms with E-state index in [4.69, 9.17) is 4.74 Å². The number of fused-ring (bicyclic) bond motifs is 1. The third-order valence-corrected chi connectivity index (χ3v) is 5.84. The molecule has 3 heterocycles. The first kappa shape index (κ1) is 23.2. The highest BCUT2D eigenvalue weighted by molar-refractivity contribution is 5.95. The van der Waals surface area contributed by atoms with Crippen LogP contribution in [0.15, 0.2) is 30.5 Å². The number of carbonyl (C=O) groups excluding carboxylic acids is 1. The first-order valence-electron chi connectivity index (χ1n) is 10.3. The van der Waals surface area contributed by atoms with Crippen LogP contribution in [0.1, 0.15) is 25.3 Å². The molecule has 2 atom stereocenters. The van der Waals surface area contributed by atoms with Gasteiger partial charge in [-0.3, -0.25) is 9.78 Å². The van der Waals surface area contributed by atoms with Crippen LogP contribution in [0.3, 0.4) is 0 Å². The fourth-order valence-corrected chi connectivity index (χ4v) is 4.23. The topological polar surface area (TPSA) is 90.3 Å². The third kappa shape index (κ3) is 5.06. The van der Waals surface area contributed by atoms with Crippen molar-refractivity contribution in [2.75, 3.05) is 37.6 Å². The molecule has 9 heteroatoms. The van der Waals surface area contributed by atoms with Gasteiger partial charge in [-0.05, 0) is 57.1 Å². The highest BCUT2D eigenvalue weighted by Crippen LogP contribution is 2.30. The number of carbonyl (C=O) groups is 1. The Labute approximate surface area is 187 Å². The normalized spacial score (nSPS) is 22.9. The van der Waals surface area contributed by atoms with Gasteiger partial charge in [0.25, 0.3) is 5.91 Å². The number of nitrogens with zero attached hydrogens (tertiary/aromatic N) is 3. The molecule has 0 aliphatic carbocycles. The van der Waals surface area contributed by atoms with Gasteiger partial charge in [0.05, 0.1) is 30.3 Å². The molecule has 2 aliphatic rings. The van der Waals surface area contributed by atoms with Gasteiger partial charge in [-0.25, -0.2) is 4.39 Å². The molecule has 1 aromatic carbocycles. The standard InChI is InChI=1S/C22H26FN5O2.ClH/c1-15-12-28(18-5-4-16(11-24)20-17(18)3-2-8-26-20)13-19(30-15)21(29)27-14-22(23)6-9-25-10-7-22;/h2-5,8,15,19,25H,6-7,9-10,12-14H2,1H3,(H,27,29);1H/t15-,19-;/m1./s1. The van der Waals surface area contributed by atoms with E-state index < -0.39 is 11.8 Å². The molecule has 7 nitrogen and oxygen atoms in total. The molecule has 2 saturated heterocycles. The summed E-state index contributed by atoms with van der Waals surface area (Å²) in [6.07, 6.45) is 1.59. The van der Waals surface area contributed by atoms with E-state index >= 15 is 0 Å². The Morgan fingerprint density at radius 2 is 2.16 bits per heavy atom. The fraction of sp³-hybridized carbons (Fsp3) is 0.500. The number of nitrogens with one attached hydrogen (secondary N) is 2. The summed E-state index contributed by atoms with van der Waals surface area (Å²) in [4.78, 5) is 19.2. The van der Waals surface area contributed by atoms with Gasteiger partial charge in [-0.15, -0.1) is 12.4 Å². The van der Waals surface area contributed by atoms with Crippen molar-refractivity contribution in [3.05, 3.63) is 36.0 Å². The second-order valence-corrected chi connectivity index (χ2v) is 8.10. The molecule has 2 N–H and O–H groups in total. The maximum atomic E-state index is 14.8. The lowest BCUT2D eigenvalue weighted by Gasteiger charge is -2.38. The van der Waals surface area contributed by atoms with E-state index in [2.05, 4.69) is 26.6 Å². The van der Waals surface area contributed by atoms with Crippen LogP contribution in [-0.2, 0) is 9.53 Å². The van der Waals surface area contributed by atoms with Gasteiger partial charge in [-0.2, -0.15) is 5.26 Å². The van der Waals surface area contributed by atoms with Gasteiger partial charge in [0.1, 0.15) is 11.7 Å². The van der Waals surface area contributed by atoms with Crippen molar-refractivity contribution in [1.29, 1.82) is 5.26 Å². The number of pyridine rings is 1. The van der Waals surface area contributed by atoms with E-state index in [0.717, 1.165) is 11.1 Å². The quantitative estimate of drug-likeness (QED) is 0.747. The number of aromatic nitrogens is 1. The van der Waals surface area contributed by atoms with Crippen molar-refractivity contribution in [3.8, 4) is 6.07 Å². The Kier molecular flexibility index (Phi) is 7.31. The number of amides is 1. The second kappa shape index (κ2) is 9.77. The third-order valence-electron chi connectivity index (χ3n) is 5.84. The molecule has 4 rings (SSSR count). The van der Waals surface area contributed by atoms with Crippen LogP contribution in [0.25, 0.3) is 10.9 Å². The van der Waals surface area contributed by atoms with Crippen molar-refractivity contribution in [2.45, 2.75) is 37.6 Å². The molecular formula is C22H27ClFN5O2. The van der Waals surface area contributed by atoms with Gasteiger partial charge >= 0.3 is 0 Å². The number of rotatable bonds is 4. The Balaban J connectivity index is 0.00000272. The lowest BCUT2D eigenvalue weighted by atomic mass is 9.94. The van der Waals surface area contributed by atoms with Crippen molar-refractivity contribution in [3.63, 3.8) is 0 Å². The van der Waals surface area contributed by atoms with Gasteiger partial charge in [0.2, 0.25) is 0 Å². The summed E-state index contributed by atoms with van der Waals surface area (Å²) < 4.78 is 20.7. The summed E-state index contributed by atoms with van der Waals surface area (Å²) in [5.74, 6) is -0.293. The number of nitriles is 1. The number of hydrogen-bond acceptors (Lipinski definition) is 6.